The van der Waals surface area contributed by atoms with Crippen molar-refractivity contribution in [1.29, 1.82) is 0 Å². The Bertz CT molecular complexity index is 506. The van der Waals surface area contributed by atoms with Crippen LogP contribution in [-0.4, -0.2) is 18.0 Å². The molecular weight excluding hydrogens is 236 g/mol. The molecule has 2 aliphatic rings. The molecule has 2 nitrogen and oxygen atoms in total. The molecule has 3 rings (SSSR count). The first-order valence-electron chi connectivity index (χ1n) is 7.32. The van der Waals surface area contributed by atoms with Gasteiger partial charge < -0.3 is 4.74 Å². The van der Waals surface area contributed by atoms with E-state index >= 15 is 0 Å². The van der Waals surface area contributed by atoms with Crippen molar-refractivity contribution in [3.05, 3.63) is 34.4 Å². The lowest BCUT2D eigenvalue weighted by molar-refractivity contribution is -0.0149. The molecule has 2 fully saturated rings. The second kappa shape index (κ2) is 4.75. The first kappa shape index (κ1) is 12.9. The van der Waals surface area contributed by atoms with Crippen LogP contribution in [-0.2, 0) is 4.74 Å². The summed E-state index contributed by atoms with van der Waals surface area (Å²) in [5.41, 5.74) is 4.52. The molecule has 0 spiro atoms. The van der Waals surface area contributed by atoms with Gasteiger partial charge in [-0.25, -0.2) is 0 Å². The molecule has 19 heavy (non-hydrogen) atoms. The molecule has 0 saturated carbocycles. The third kappa shape index (κ3) is 2.34. The van der Waals surface area contributed by atoms with Gasteiger partial charge in [0.15, 0.2) is 5.78 Å². The lowest BCUT2D eigenvalue weighted by Crippen LogP contribution is -2.30. The van der Waals surface area contributed by atoms with Crippen molar-refractivity contribution in [1.82, 2.24) is 0 Å². The summed E-state index contributed by atoms with van der Waals surface area (Å²) in [5.74, 6) is 0.507. The van der Waals surface area contributed by atoms with Gasteiger partial charge in [0, 0.05) is 11.5 Å². The van der Waals surface area contributed by atoms with Crippen molar-refractivity contribution < 1.29 is 9.53 Å². The van der Waals surface area contributed by atoms with E-state index in [2.05, 4.69) is 26.0 Å². The number of carbonyl (C=O) groups excluding carboxylic acids is 1. The summed E-state index contributed by atoms with van der Waals surface area (Å²) in [5, 5.41) is 0. The molecule has 2 heteroatoms. The molecule has 2 aliphatic heterocycles. The van der Waals surface area contributed by atoms with Crippen LogP contribution in [0, 0.1) is 26.7 Å². The summed E-state index contributed by atoms with van der Waals surface area (Å²) in [7, 11) is 0. The van der Waals surface area contributed by atoms with E-state index in [1.165, 1.54) is 11.1 Å². The van der Waals surface area contributed by atoms with Crippen molar-refractivity contribution in [2.24, 2.45) is 5.92 Å². The van der Waals surface area contributed by atoms with Gasteiger partial charge in [-0.15, -0.1) is 0 Å². The Morgan fingerprint density at radius 3 is 2.21 bits per heavy atom. The third-order valence-electron chi connectivity index (χ3n) is 4.77. The normalized spacial score (nSPS) is 29.5. The number of Topliss-reactive ketones (excluding diaryl/α,β-unsaturated/α-hetero) is 1. The monoisotopic (exact) mass is 258 g/mol. The minimum atomic E-state index is 0.173. The molecule has 2 heterocycles. The summed E-state index contributed by atoms with van der Waals surface area (Å²) in [6, 6.07) is 4.21. The fraction of sp³-hybridized carbons (Fsp3) is 0.588. The van der Waals surface area contributed by atoms with Gasteiger partial charge in [0.1, 0.15) is 0 Å². The number of ketones is 1. The third-order valence-corrected chi connectivity index (χ3v) is 4.77. The lowest BCUT2D eigenvalue weighted by Gasteiger charge is -2.27. The maximum absolute atomic E-state index is 12.7. The van der Waals surface area contributed by atoms with E-state index in [-0.39, 0.29) is 5.92 Å². The zero-order chi connectivity index (χ0) is 13.6. The predicted molar refractivity (Wildman–Crippen MR) is 75.6 cm³/mol. The Balaban J connectivity index is 1.86. The van der Waals surface area contributed by atoms with Gasteiger partial charge in [-0.05, 0) is 69.2 Å². The maximum Gasteiger partial charge on any atom is 0.166 e. The van der Waals surface area contributed by atoms with Crippen molar-refractivity contribution in [3.8, 4) is 0 Å². The van der Waals surface area contributed by atoms with E-state index < -0.39 is 0 Å². The van der Waals surface area contributed by atoms with Crippen LogP contribution in [0.1, 0.15) is 52.7 Å². The first-order valence-corrected chi connectivity index (χ1v) is 7.32. The van der Waals surface area contributed by atoms with Gasteiger partial charge in [0.2, 0.25) is 0 Å². The SMILES string of the molecule is Cc1cc(C)c(C(=O)C2CC3CCC(C2)O3)cc1C. The summed E-state index contributed by atoms with van der Waals surface area (Å²) in [4.78, 5) is 12.7. The highest BCUT2D eigenvalue weighted by atomic mass is 16.5. The lowest BCUT2D eigenvalue weighted by atomic mass is 9.85. The Morgan fingerprint density at radius 2 is 1.58 bits per heavy atom. The van der Waals surface area contributed by atoms with Gasteiger partial charge in [-0.3, -0.25) is 4.79 Å². The van der Waals surface area contributed by atoms with Crippen LogP contribution in [0.25, 0.3) is 0 Å². The van der Waals surface area contributed by atoms with Crippen LogP contribution in [0.2, 0.25) is 0 Å². The average Bonchev–Trinajstić information content (AvgIpc) is 2.72. The molecule has 102 valence electrons. The molecule has 1 aromatic rings. The van der Waals surface area contributed by atoms with E-state index in [9.17, 15) is 4.79 Å². The molecular formula is C17H22O2. The first-order chi connectivity index (χ1) is 9.04. The second-order valence-electron chi connectivity index (χ2n) is 6.24. The van der Waals surface area contributed by atoms with E-state index in [0.29, 0.717) is 18.0 Å². The highest BCUT2D eigenvalue weighted by molar-refractivity contribution is 5.99. The second-order valence-corrected chi connectivity index (χ2v) is 6.24. The highest BCUT2D eigenvalue weighted by Crippen LogP contribution is 2.37. The quantitative estimate of drug-likeness (QED) is 0.755. The minimum absolute atomic E-state index is 0.173. The molecule has 0 aliphatic carbocycles. The smallest absolute Gasteiger partial charge is 0.166 e. The number of hydrogen-bond donors (Lipinski definition) is 0. The van der Waals surface area contributed by atoms with Crippen molar-refractivity contribution in [3.63, 3.8) is 0 Å². The number of rotatable bonds is 2. The fourth-order valence-electron chi connectivity index (χ4n) is 3.52. The topological polar surface area (TPSA) is 26.3 Å². The Morgan fingerprint density at radius 1 is 1.00 bits per heavy atom. The zero-order valence-electron chi connectivity index (χ0n) is 12.0. The number of aryl methyl sites for hydroxylation is 3. The zero-order valence-corrected chi connectivity index (χ0v) is 12.0. The summed E-state index contributed by atoms with van der Waals surface area (Å²) >= 11 is 0. The van der Waals surface area contributed by atoms with Crippen LogP contribution in [0.4, 0.5) is 0 Å². The Kier molecular flexibility index (Phi) is 3.22. The molecule has 0 radical (unpaired) electrons. The van der Waals surface area contributed by atoms with E-state index in [1.54, 1.807) is 0 Å². The molecule has 0 amide bonds. The van der Waals surface area contributed by atoms with Gasteiger partial charge in [0.25, 0.3) is 0 Å². The largest absolute Gasteiger partial charge is 0.375 e. The molecule has 1 aromatic carbocycles. The molecule has 0 N–H and O–H groups in total. The summed E-state index contributed by atoms with van der Waals surface area (Å²) in [6.45, 7) is 6.23. The van der Waals surface area contributed by atoms with Crippen LogP contribution in [0.3, 0.4) is 0 Å². The minimum Gasteiger partial charge on any atom is -0.375 e. The highest BCUT2D eigenvalue weighted by Gasteiger charge is 2.38. The van der Waals surface area contributed by atoms with Crippen molar-refractivity contribution in [2.45, 2.75) is 58.7 Å². The predicted octanol–water partition coefficient (Wildman–Crippen LogP) is 3.75. The Labute approximate surface area is 115 Å². The van der Waals surface area contributed by atoms with Gasteiger partial charge in [0.05, 0.1) is 12.2 Å². The number of benzene rings is 1. The van der Waals surface area contributed by atoms with Crippen molar-refractivity contribution in [2.75, 3.05) is 0 Å². The van der Waals surface area contributed by atoms with Crippen molar-refractivity contribution >= 4 is 5.78 Å². The fourth-order valence-corrected chi connectivity index (χ4v) is 3.52. The standard InChI is InChI=1S/C17H22O2/c1-10-6-12(3)16(7-11(10)2)17(18)13-8-14-4-5-15(9-13)19-14/h6-7,13-15H,4-5,8-9H2,1-3H3. The summed E-state index contributed by atoms with van der Waals surface area (Å²) < 4.78 is 5.83. The van der Waals surface area contributed by atoms with Crippen LogP contribution in [0.15, 0.2) is 12.1 Å². The molecule has 2 unspecified atom stereocenters. The number of fused-ring (bicyclic) bond motifs is 2. The van der Waals surface area contributed by atoms with Gasteiger partial charge >= 0.3 is 0 Å². The van der Waals surface area contributed by atoms with E-state index in [1.807, 2.05) is 6.92 Å². The molecule has 2 bridgehead atoms. The molecule has 0 aromatic heterocycles. The Hall–Kier alpha value is -1.15. The van der Waals surface area contributed by atoms with E-state index in [0.717, 1.165) is 36.8 Å². The van der Waals surface area contributed by atoms with Crippen LogP contribution in [0.5, 0.6) is 0 Å². The molecule has 2 atom stereocenters. The number of carbonyl (C=O) groups is 1. The van der Waals surface area contributed by atoms with Gasteiger partial charge in [-0.1, -0.05) is 6.07 Å². The van der Waals surface area contributed by atoms with E-state index in [4.69, 9.17) is 4.74 Å². The van der Waals surface area contributed by atoms with Crippen LogP contribution >= 0.6 is 0 Å². The average molecular weight is 258 g/mol. The number of ether oxygens (including phenoxy) is 1. The number of hydrogen-bond acceptors (Lipinski definition) is 2. The maximum atomic E-state index is 12.7. The summed E-state index contributed by atoms with van der Waals surface area (Å²) in [6.07, 6.45) is 4.78. The molecule has 2 saturated heterocycles. The van der Waals surface area contributed by atoms with Crippen LogP contribution < -0.4 is 0 Å². The van der Waals surface area contributed by atoms with Gasteiger partial charge in [-0.2, -0.15) is 0 Å².